The fraction of sp³-hybridized carbons (Fsp3) is 0.348. The Balaban J connectivity index is 1.57. The van der Waals surface area contributed by atoms with Gasteiger partial charge in [-0.05, 0) is 44.5 Å². The number of aryl methyl sites for hydroxylation is 1. The summed E-state index contributed by atoms with van der Waals surface area (Å²) in [6, 6.07) is 5.86. The Bertz CT molecular complexity index is 1120. The standard InChI is InChI=1S/C23H23ClFN3O3S/c1-13-9-27-23(32-13)17-5-16(6-19(7-17)31-12-15-3-4-30-11-15)22(29)28-14(2)21-20(25)8-18(24)10-26-21/h5-10,14-15H,3-4,11-12H2,1-2H3,(H,28,29)/t14?,15-/m0/s1. The van der Waals surface area contributed by atoms with Gasteiger partial charge in [0.2, 0.25) is 0 Å². The normalized spacial score (nSPS) is 16.7. The first-order chi connectivity index (χ1) is 15.4. The number of aromatic nitrogens is 2. The van der Waals surface area contributed by atoms with Gasteiger partial charge < -0.3 is 14.8 Å². The van der Waals surface area contributed by atoms with Gasteiger partial charge in [0.15, 0.2) is 0 Å². The van der Waals surface area contributed by atoms with Crippen LogP contribution in [0.4, 0.5) is 4.39 Å². The Labute approximate surface area is 194 Å². The highest BCUT2D eigenvalue weighted by molar-refractivity contribution is 7.14. The highest BCUT2D eigenvalue weighted by atomic mass is 35.5. The van der Waals surface area contributed by atoms with Gasteiger partial charge in [0.1, 0.15) is 16.6 Å². The van der Waals surface area contributed by atoms with Crippen LogP contribution >= 0.6 is 22.9 Å². The summed E-state index contributed by atoms with van der Waals surface area (Å²) in [4.78, 5) is 22.5. The fourth-order valence-corrected chi connectivity index (χ4v) is 4.34. The maximum Gasteiger partial charge on any atom is 0.251 e. The van der Waals surface area contributed by atoms with Gasteiger partial charge in [-0.1, -0.05) is 11.6 Å². The quantitative estimate of drug-likeness (QED) is 0.507. The third-order valence-electron chi connectivity index (χ3n) is 5.14. The summed E-state index contributed by atoms with van der Waals surface area (Å²) in [5.74, 6) is -0.0224. The van der Waals surface area contributed by atoms with Crippen molar-refractivity contribution in [1.82, 2.24) is 15.3 Å². The number of rotatable bonds is 7. The number of nitrogens with one attached hydrogen (secondary N) is 1. The fourth-order valence-electron chi connectivity index (χ4n) is 3.45. The lowest BCUT2D eigenvalue weighted by molar-refractivity contribution is 0.0938. The Kier molecular flexibility index (Phi) is 7.03. The summed E-state index contributed by atoms with van der Waals surface area (Å²) in [6.45, 7) is 5.58. The molecule has 0 saturated carbocycles. The highest BCUT2D eigenvalue weighted by Crippen LogP contribution is 2.30. The molecular weight excluding hydrogens is 453 g/mol. The van der Waals surface area contributed by atoms with Gasteiger partial charge in [0.25, 0.3) is 5.91 Å². The van der Waals surface area contributed by atoms with E-state index in [-0.39, 0.29) is 16.6 Å². The van der Waals surface area contributed by atoms with Crippen molar-refractivity contribution in [1.29, 1.82) is 0 Å². The molecule has 4 rings (SSSR count). The lowest BCUT2D eigenvalue weighted by Crippen LogP contribution is -2.28. The van der Waals surface area contributed by atoms with Crippen LogP contribution in [-0.2, 0) is 4.74 Å². The Hall–Kier alpha value is -2.55. The van der Waals surface area contributed by atoms with Gasteiger partial charge in [-0.15, -0.1) is 11.3 Å². The molecule has 1 unspecified atom stereocenters. The third kappa shape index (κ3) is 5.43. The van der Waals surface area contributed by atoms with Crippen molar-refractivity contribution in [3.63, 3.8) is 0 Å². The second-order valence-electron chi connectivity index (χ2n) is 7.78. The minimum absolute atomic E-state index is 0.118. The molecule has 6 nitrogen and oxygen atoms in total. The summed E-state index contributed by atoms with van der Waals surface area (Å²) in [5, 5.41) is 3.80. The smallest absolute Gasteiger partial charge is 0.251 e. The Morgan fingerprint density at radius 2 is 2.19 bits per heavy atom. The van der Waals surface area contributed by atoms with Crippen molar-refractivity contribution in [2.24, 2.45) is 5.92 Å². The molecule has 2 aromatic heterocycles. The number of amides is 1. The van der Waals surface area contributed by atoms with Crippen LogP contribution in [-0.4, -0.2) is 35.7 Å². The van der Waals surface area contributed by atoms with Crippen molar-refractivity contribution in [3.8, 4) is 16.3 Å². The van der Waals surface area contributed by atoms with Crippen molar-refractivity contribution in [2.75, 3.05) is 19.8 Å². The van der Waals surface area contributed by atoms with Crippen molar-refractivity contribution in [3.05, 3.63) is 63.6 Å². The monoisotopic (exact) mass is 475 g/mol. The molecule has 0 radical (unpaired) electrons. The van der Waals surface area contributed by atoms with Gasteiger partial charge in [-0.3, -0.25) is 9.78 Å². The summed E-state index contributed by atoms with van der Waals surface area (Å²) in [6.07, 6.45) is 4.10. The van der Waals surface area contributed by atoms with Crippen LogP contribution in [0, 0.1) is 18.7 Å². The zero-order chi connectivity index (χ0) is 22.7. The molecule has 9 heteroatoms. The number of thiazole rings is 1. The number of carbonyl (C=O) groups is 1. The van der Waals surface area contributed by atoms with E-state index in [2.05, 4.69) is 15.3 Å². The van der Waals surface area contributed by atoms with Crippen molar-refractivity contribution >= 4 is 28.8 Å². The van der Waals surface area contributed by atoms with E-state index in [0.717, 1.165) is 28.5 Å². The molecule has 2 atom stereocenters. The molecule has 0 bridgehead atoms. The van der Waals surface area contributed by atoms with Crippen LogP contribution in [0.1, 0.15) is 40.3 Å². The third-order valence-corrected chi connectivity index (χ3v) is 6.31. The zero-order valence-corrected chi connectivity index (χ0v) is 19.3. The first kappa shape index (κ1) is 22.6. The second kappa shape index (κ2) is 9.94. The van der Waals surface area contributed by atoms with Crippen LogP contribution in [0.15, 0.2) is 36.7 Å². The van der Waals surface area contributed by atoms with Crippen LogP contribution in [0.25, 0.3) is 10.6 Å². The lowest BCUT2D eigenvalue weighted by Gasteiger charge is -2.16. The van der Waals surface area contributed by atoms with Gasteiger partial charge in [-0.25, -0.2) is 9.37 Å². The number of hydrogen-bond acceptors (Lipinski definition) is 6. The molecular formula is C23H23ClFN3O3S. The number of nitrogens with zero attached hydrogens (tertiary/aromatic N) is 2. The van der Waals surface area contributed by atoms with E-state index in [9.17, 15) is 9.18 Å². The Morgan fingerprint density at radius 1 is 1.34 bits per heavy atom. The average molecular weight is 476 g/mol. The molecule has 1 aliphatic heterocycles. The molecule has 1 N–H and O–H groups in total. The van der Waals surface area contributed by atoms with E-state index in [1.807, 2.05) is 13.0 Å². The van der Waals surface area contributed by atoms with Crippen LogP contribution < -0.4 is 10.1 Å². The molecule has 3 aromatic rings. The molecule has 168 valence electrons. The lowest BCUT2D eigenvalue weighted by atomic mass is 10.1. The minimum atomic E-state index is -0.648. The molecule has 0 aliphatic carbocycles. The maximum atomic E-state index is 14.2. The van der Waals surface area contributed by atoms with E-state index in [0.29, 0.717) is 30.4 Å². The molecule has 1 aromatic carbocycles. The maximum absolute atomic E-state index is 14.2. The number of ether oxygens (including phenoxy) is 2. The van der Waals surface area contributed by atoms with E-state index in [1.165, 1.54) is 23.6 Å². The number of benzene rings is 1. The minimum Gasteiger partial charge on any atom is -0.493 e. The van der Waals surface area contributed by atoms with Gasteiger partial charge in [0, 0.05) is 40.9 Å². The van der Waals surface area contributed by atoms with E-state index >= 15 is 0 Å². The van der Waals surface area contributed by atoms with Crippen molar-refractivity contribution < 1.29 is 18.7 Å². The summed E-state index contributed by atoms with van der Waals surface area (Å²) < 4.78 is 25.6. The molecule has 1 saturated heterocycles. The van der Waals surface area contributed by atoms with Gasteiger partial charge >= 0.3 is 0 Å². The average Bonchev–Trinajstić information content (AvgIpc) is 3.43. The van der Waals surface area contributed by atoms with Crippen molar-refractivity contribution in [2.45, 2.75) is 26.3 Å². The van der Waals surface area contributed by atoms with Crippen LogP contribution in [0.2, 0.25) is 5.02 Å². The van der Waals surface area contributed by atoms with E-state index in [4.69, 9.17) is 21.1 Å². The van der Waals surface area contributed by atoms with Gasteiger partial charge in [-0.2, -0.15) is 0 Å². The number of hydrogen-bond donors (Lipinski definition) is 1. The molecule has 32 heavy (non-hydrogen) atoms. The molecule has 0 spiro atoms. The summed E-state index contributed by atoms with van der Waals surface area (Å²) in [7, 11) is 0. The predicted octanol–water partition coefficient (Wildman–Crippen LogP) is 5.21. The number of pyridine rings is 1. The summed E-state index contributed by atoms with van der Waals surface area (Å²) >= 11 is 7.32. The largest absolute Gasteiger partial charge is 0.493 e. The molecule has 1 aliphatic rings. The number of carbonyl (C=O) groups excluding carboxylic acids is 1. The SMILES string of the molecule is Cc1cnc(-c2cc(OC[C@H]3CCOC3)cc(C(=O)NC(C)c3ncc(Cl)cc3F)c2)s1. The highest BCUT2D eigenvalue weighted by Gasteiger charge is 2.20. The first-order valence-corrected chi connectivity index (χ1v) is 11.5. The zero-order valence-electron chi connectivity index (χ0n) is 17.7. The molecule has 1 amide bonds. The van der Waals surface area contributed by atoms with Crippen LogP contribution in [0.5, 0.6) is 5.75 Å². The summed E-state index contributed by atoms with van der Waals surface area (Å²) in [5.41, 5.74) is 1.30. The van der Waals surface area contributed by atoms with Gasteiger partial charge in [0.05, 0.1) is 30.0 Å². The molecule has 3 heterocycles. The topological polar surface area (TPSA) is 73.3 Å². The second-order valence-corrected chi connectivity index (χ2v) is 9.45. The predicted molar refractivity (Wildman–Crippen MR) is 122 cm³/mol. The van der Waals surface area contributed by atoms with E-state index in [1.54, 1.807) is 25.3 Å². The van der Waals surface area contributed by atoms with E-state index < -0.39 is 11.9 Å². The number of halogens is 2. The Morgan fingerprint density at radius 3 is 2.88 bits per heavy atom. The van der Waals surface area contributed by atoms with Crippen LogP contribution in [0.3, 0.4) is 0 Å². The first-order valence-electron chi connectivity index (χ1n) is 10.3. The molecule has 1 fully saturated rings.